The molecule has 86 valence electrons. The summed E-state index contributed by atoms with van der Waals surface area (Å²) in [5, 5.41) is 4.47. The molecular formula is C13H17NOS. The molecule has 0 aliphatic rings. The van der Waals surface area contributed by atoms with E-state index in [2.05, 4.69) is 37.9 Å². The van der Waals surface area contributed by atoms with Gasteiger partial charge in [-0.15, -0.1) is 0 Å². The second-order valence-electron chi connectivity index (χ2n) is 4.61. The van der Waals surface area contributed by atoms with Crippen LogP contribution in [-0.2, 0) is 5.41 Å². The van der Waals surface area contributed by atoms with Gasteiger partial charge in [0.1, 0.15) is 5.58 Å². The molecule has 0 saturated carbocycles. The van der Waals surface area contributed by atoms with Gasteiger partial charge in [-0.05, 0) is 6.07 Å². The second-order valence-corrected chi connectivity index (χ2v) is 4.93. The van der Waals surface area contributed by atoms with Gasteiger partial charge in [-0.2, -0.15) is 12.6 Å². The lowest BCUT2D eigenvalue weighted by Crippen LogP contribution is -2.32. The highest BCUT2D eigenvalue weighted by Gasteiger charge is 2.24. The van der Waals surface area contributed by atoms with Gasteiger partial charge < -0.3 is 9.73 Å². The van der Waals surface area contributed by atoms with Crippen LogP contribution in [0.25, 0.3) is 11.0 Å². The fourth-order valence-corrected chi connectivity index (χ4v) is 2.08. The molecule has 3 heteroatoms. The van der Waals surface area contributed by atoms with Gasteiger partial charge in [-0.3, -0.25) is 0 Å². The minimum atomic E-state index is 0.0509. The Bertz CT molecular complexity index is 475. The molecule has 2 nitrogen and oxygen atoms in total. The molecule has 0 aliphatic carbocycles. The normalized spacial score (nSPS) is 12.2. The Morgan fingerprint density at radius 1 is 1.31 bits per heavy atom. The van der Waals surface area contributed by atoms with Crippen molar-refractivity contribution in [3.8, 4) is 0 Å². The Morgan fingerprint density at radius 3 is 2.81 bits per heavy atom. The topological polar surface area (TPSA) is 25.2 Å². The number of nitrogens with one attached hydrogen (secondary N) is 1. The summed E-state index contributed by atoms with van der Waals surface area (Å²) in [6.45, 7) is 5.31. The maximum Gasteiger partial charge on any atom is 0.134 e. The molecule has 0 bridgehead atoms. The lowest BCUT2D eigenvalue weighted by atomic mass is 9.84. The van der Waals surface area contributed by atoms with Gasteiger partial charge in [-0.1, -0.05) is 32.0 Å². The zero-order valence-corrected chi connectivity index (χ0v) is 10.6. The van der Waals surface area contributed by atoms with Crippen LogP contribution in [0.15, 0.2) is 34.9 Å². The summed E-state index contributed by atoms with van der Waals surface area (Å²) in [6, 6.07) is 8.15. The van der Waals surface area contributed by atoms with Crippen LogP contribution >= 0.6 is 12.6 Å². The van der Waals surface area contributed by atoms with Gasteiger partial charge in [0.2, 0.25) is 0 Å². The Hall–Kier alpha value is -0.930. The molecule has 1 N–H and O–H groups in total. The van der Waals surface area contributed by atoms with Crippen LogP contribution in [0.2, 0.25) is 0 Å². The minimum absolute atomic E-state index is 0.0509. The maximum atomic E-state index is 5.57. The zero-order chi connectivity index (χ0) is 11.6. The summed E-state index contributed by atoms with van der Waals surface area (Å²) in [7, 11) is 0. The average Bonchev–Trinajstić information content (AvgIpc) is 2.71. The molecule has 1 heterocycles. The van der Waals surface area contributed by atoms with Gasteiger partial charge >= 0.3 is 0 Å². The van der Waals surface area contributed by atoms with Gasteiger partial charge in [0.05, 0.1) is 6.26 Å². The van der Waals surface area contributed by atoms with Gasteiger partial charge in [0.25, 0.3) is 0 Å². The molecule has 16 heavy (non-hydrogen) atoms. The molecule has 1 aromatic heterocycles. The van der Waals surface area contributed by atoms with Crippen LogP contribution in [-0.4, -0.2) is 12.4 Å². The first-order chi connectivity index (χ1) is 7.65. The molecule has 2 rings (SSSR count). The average molecular weight is 235 g/mol. The summed E-state index contributed by atoms with van der Waals surface area (Å²) >= 11 is 4.17. The van der Waals surface area contributed by atoms with E-state index in [-0.39, 0.29) is 5.41 Å². The van der Waals surface area contributed by atoms with Crippen LogP contribution < -0.4 is 5.32 Å². The van der Waals surface area contributed by atoms with Crippen molar-refractivity contribution in [3.63, 3.8) is 0 Å². The van der Waals surface area contributed by atoms with Crippen molar-refractivity contribution in [1.82, 2.24) is 5.32 Å². The Balaban J connectivity index is 2.38. The van der Waals surface area contributed by atoms with E-state index in [1.54, 1.807) is 0 Å². The Kier molecular flexibility index (Phi) is 3.26. The van der Waals surface area contributed by atoms with E-state index in [1.165, 1.54) is 10.9 Å². The largest absolute Gasteiger partial charge is 0.464 e. The summed E-state index contributed by atoms with van der Waals surface area (Å²) in [6.07, 6.45) is 1.87. The highest BCUT2D eigenvalue weighted by Crippen LogP contribution is 2.31. The van der Waals surface area contributed by atoms with Crippen molar-refractivity contribution in [3.05, 3.63) is 36.1 Å². The van der Waals surface area contributed by atoms with E-state index in [9.17, 15) is 0 Å². The van der Waals surface area contributed by atoms with E-state index < -0.39 is 0 Å². The van der Waals surface area contributed by atoms with Gasteiger partial charge in [0.15, 0.2) is 0 Å². The molecule has 2 aromatic rings. The van der Waals surface area contributed by atoms with Crippen LogP contribution in [0.3, 0.4) is 0 Å². The predicted octanol–water partition coefficient (Wildman–Crippen LogP) is 3.19. The van der Waals surface area contributed by atoms with E-state index >= 15 is 0 Å². The van der Waals surface area contributed by atoms with Crippen LogP contribution in [0.4, 0.5) is 0 Å². The molecule has 0 radical (unpaired) electrons. The molecular weight excluding hydrogens is 218 g/mol. The van der Waals surface area contributed by atoms with Crippen molar-refractivity contribution in [2.75, 3.05) is 12.4 Å². The molecule has 0 aliphatic heterocycles. The fourth-order valence-electron chi connectivity index (χ4n) is 1.97. The Labute approximate surface area is 101 Å². The number of thiol groups is 1. The molecule has 0 unspecified atom stereocenters. The summed E-state index contributed by atoms with van der Waals surface area (Å²) in [4.78, 5) is 0. The number of benzene rings is 1. The Morgan fingerprint density at radius 2 is 2.06 bits per heavy atom. The van der Waals surface area contributed by atoms with Crippen LogP contribution in [0.1, 0.15) is 19.4 Å². The highest BCUT2D eigenvalue weighted by molar-refractivity contribution is 7.80. The fraction of sp³-hybridized carbons (Fsp3) is 0.385. The summed E-state index contributed by atoms with van der Waals surface area (Å²) in [5.74, 6) is 0.694. The third-order valence-corrected chi connectivity index (χ3v) is 3.11. The smallest absolute Gasteiger partial charge is 0.134 e. The number of hydrogen-bond acceptors (Lipinski definition) is 3. The van der Waals surface area contributed by atoms with E-state index in [0.717, 1.165) is 12.1 Å². The van der Waals surface area contributed by atoms with Gasteiger partial charge in [0, 0.05) is 28.8 Å². The van der Waals surface area contributed by atoms with E-state index in [0.29, 0.717) is 5.88 Å². The highest BCUT2D eigenvalue weighted by atomic mass is 32.1. The molecule has 0 saturated heterocycles. The number of para-hydroxylation sites is 1. The predicted molar refractivity (Wildman–Crippen MR) is 71.1 cm³/mol. The van der Waals surface area contributed by atoms with Crippen molar-refractivity contribution in [1.29, 1.82) is 0 Å². The lowest BCUT2D eigenvalue weighted by molar-refractivity contribution is 0.483. The number of furan rings is 1. The lowest BCUT2D eigenvalue weighted by Gasteiger charge is -2.23. The van der Waals surface area contributed by atoms with Crippen molar-refractivity contribution in [2.45, 2.75) is 19.3 Å². The minimum Gasteiger partial charge on any atom is -0.464 e. The molecule has 0 amide bonds. The molecule has 0 fully saturated rings. The third kappa shape index (κ3) is 2.11. The van der Waals surface area contributed by atoms with Crippen LogP contribution in [0.5, 0.6) is 0 Å². The molecule has 1 aromatic carbocycles. The summed E-state index contributed by atoms with van der Waals surface area (Å²) < 4.78 is 5.57. The SMILES string of the molecule is CC(C)(CNCS)c1coc2ccccc12. The number of rotatable bonds is 4. The van der Waals surface area contributed by atoms with Crippen molar-refractivity contribution < 1.29 is 4.42 Å². The van der Waals surface area contributed by atoms with Crippen LogP contribution in [0, 0.1) is 0 Å². The summed E-state index contributed by atoms with van der Waals surface area (Å²) in [5.41, 5.74) is 2.25. The monoisotopic (exact) mass is 235 g/mol. The molecule has 0 spiro atoms. The molecule has 0 atom stereocenters. The maximum absolute atomic E-state index is 5.57. The first kappa shape index (κ1) is 11.6. The van der Waals surface area contributed by atoms with Crippen molar-refractivity contribution in [2.24, 2.45) is 0 Å². The third-order valence-electron chi connectivity index (χ3n) is 2.89. The standard InChI is InChI=1S/C13H17NOS/c1-13(2,8-14-9-16)11-7-15-12-6-4-3-5-10(11)12/h3-7,14,16H,8-9H2,1-2H3. The first-order valence-corrected chi connectivity index (χ1v) is 6.07. The van der Waals surface area contributed by atoms with Gasteiger partial charge in [-0.25, -0.2) is 0 Å². The van der Waals surface area contributed by atoms with E-state index in [1.807, 2.05) is 24.5 Å². The second kappa shape index (κ2) is 4.52. The first-order valence-electron chi connectivity index (χ1n) is 5.43. The number of fused-ring (bicyclic) bond motifs is 1. The zero-order valence-electron chi connectivity index (χ0n) is 9.66. The quantitative estimate of drug-likeness (QED) is 0.628. The van der Waals surface area contributed by atoms with Crippen molar-refractivity contribution >= 4 is 23.6 Å². The number of hydrogen-bond donors (Lipinski definition) is 2. The van der Waals surface area contributed by atoms with E-state index in [4.69, 9.17) is 4.42 Å².